The van der Waals surface area contributed by atoms with Crippen LogP contribution in [-0.4, -0.2) is 36.6 Å². The third-order valence-corrected chi connectivity index (χ3v) is 4.23. The Kier molecular flexibility index (Phi) is 6.70. The molecule has 1 aromatic heterocycles. The molecule has 1 amide bonds. The molecule has 1 N–H and O–H groups in total. The predicted octanol–water partition coefficient (Wildman–Crippen LogP) is 2.65. The summed E-state index contributed by atoms with van der Waals surface area (Å²) >= 11 is 0. The fraction of sp³-hybridized carbons (Fsp3) is 0.227. The van der Waals surface area contributed by atoms with E-state index in [9.17, 15) is 9.59 Å². The van der Waals surface area contributed by atoms with E-state index in [1.54, 1.807) is 0 Å². The number of aromatic nitrogens is 1. The second-order valence-corrected chi connectivity index (χ2v) is 6.32. The van der Waals surface area contributed by atoms with Gasteiger partial charge in [0.05, 0.1) is 19.2 Å². The third-order valence-electron chi connectivity index (χ3n) is 4.23. The van der Waals surface area contributed by atoms with Gasteiger partial charge in [0.15, 0.2) is 0 Å². The van der Waals surface area contributed by atoms with Gasteiger partial charge in [0.25, 0.3) is 0 Å². The molecular weight excluding hydrogens is 356 g/mol. The van der Waals surface area contributed by atoms with Gasteiger partial charge in [0.1, 0.15) is 12.6 Å². The summed E-state index contributed by atoms with van der Waals surface area (Å²) in [6.07, 6.45) is 0.238. The van der Waals surface area contributed by atoms with Gasteiger partial charge >= 0.3 is 5.97 Å². The number of carbonyl (C=O) groups excluding carboxylic acids is 2. The molecule has 3 aromatic rings. The summed E-state index contributed by atoms with van der Waals surface area (Å²) in [4.78, 5) is 28.9. The highest BCUT2D eigenvalue weighted by Gasteiger charge is 2.22. The second kappa shape index (κ2) is 9.62. The van der Waals surface area contributed by atoms with Crippen LogP contribution in [0.1, 0.15) is 11.3 Å². The van der Waals surface area contributed by atoms with Crippen molar-refractivity contribution in [3.8, 4) is 0 Å². The number of para-hydroxylation sites is 1. The minimum Gasteiger partial charge on any atom is -0.467 e. The number of amides is 1. The molecule has 6 nitrogen and oxygen atoms in total. The van der Waals surface area contributed by atoms with Gasteiger partial charge in [0, 0.05) is 17.5 Å². The molecule has 28 heavy (non-hydrogen) atoms. The molecule has 0 unspecified atom stereocenters. The molecule has 0 saturated carbocycles. The number of rotatable bonds is 8. The maximum absolute atomic E-state index is 12.2. The molecule has 144 valence electrons. The van der Waals surface area contributed by atoms with Gasteiger partial charge in [-0.25, -0.2) is 4.79 Å². The zero-order valence-electron chi connectivity index (χ0n) is 15.6. The summed E-state index contributed by atoms with van der Waals surface area (Å²) in [5.74, 6) is -0.904. The van der Waals surface area contributed by atoms with Crippen LogP contribution in [0, 0.1) is 0 Å². The van der Waals surface area contributed by atoms with E-state index in [1.807, 2.05) is 66.7 Å². The number of esters is 1. The lowest BCUT2D eigenvalue weighted by Crippen LogP contribution is -2.44. The number of carbonyl (C=O) groups is 2. The van der Waals surface area contributed by atoms with Crippen LogP contribution in [-0.2, 0) is 32.1 Å². The Hall–Kier alpha value is -3.25. The lowest BCUT2D eigenvalue weighted by molar-refractivity contribution is -0.145. The van der Waals surface area contributed by atoms with Crippen LogP contribution in [0.4, 0.5) is 0 Å². The molecule has 1 heterocycles. The number of methoxy groups -OCH3 is 1. The van der Waals surface area contributed by atoms with E-state index < -0.39 is 12.0 Å². The molecule has 3 rings (SSSR count). The topological polar surface area (TPSA) is 77.5 Å². The highest BCUT2D eigenvalue weighted by molar-refractivity contribution is 5.85. The number of nitrogens with zero attached hydrogens (tertiary/aromatic N) is 1. The van der Waals surface area contributed by atoms with Gasteiger partial charge in [-0.1, -0.05) is 54.6 Å². The molecule has 0 radical (unpaired) electrons. The van der Waals surface area contributed by atoms with Gasteiger partial charge in [-0.3, -0.25) is 9.78 Å². The first-order valence-corrected chi connectivity index (χ1v) is 8.99. The van der Waals surface area contributed by atoms with E-state index in [1.165, 1.54) is 7.11 Å². The van der Waals surface area contributed by atoms with Crippen LogP contribution in [0.15, 0.2) is 66.7 Å². The zero-order chi connectivity index (χ0) is 19.8. The van der Waals surface area contributed by atoms with Crippen molar-refractivity contribution in [2.24, 2.45) is 0 Å². The first-order chi connectivity index (χ1) is 13.7. The minimum atomic E-state index is -0.827. The number of pyridine rings is 1. The molecule has 2 aromatic carbocycles. The van der Waals surface area contributed by atoms with Crippen molar-refractivity contribution in [2.75, 3.05) is 13.7 Å². The number of hydrogen-bond donors (Lipinski definition) is 1. The standard InChI is InChI=1S/C22H22N2O4/c1-27-22(26)20(13-18-12-11-17-9-5-6-10-19(17)23-18)24-21(25)15-28-14-16-7-3-2-4-8-16/h2-12,20H,13-15H2,1H3,(H,24,25)/t20-/m1/s1. The Labute approximate surface area is 163 Å². The zero-order valence-corrected chi connectivity index (χ0v) is 15.6. The third kappa shape index (κ3) is 5.37. The molecule has 0 aliphatic carbocycles. The monoisotopic (exact) mass is 378 g/mol. The first-order valence-electron chi connectivity index (χ1n) is 8.99. The van der Waals surface area contributed by atoms with E-state index in [0.717, 1.165) is 16.5 Å². The maximum atomic E-state index is 12.2. The van der Waals surface area contributed by atoms with Crippen LogP contribution < -0.4 is 5.32 Å². The molecule has 0 saturated heterocycles. The number of hydrogen-bond acceptors (Lipinski definition) is 5. The van der Waals surface area contributed by atoms with Crippen molar-refractivity contribution in [3.05, 3.63) is 78.0 Å². The van der Waals surface area contributed by atoms with Crippen LogP contribution in [0.25, 0.3) is 10.9 Å². The summed E-state index contributed by atoms with van der Waals surface area (Å²) in [5, 5.41) is 3.69. The molecule has 0 aliphatic rings. The summed E-state index contributed by atoms with van der Waals surface area (Å²) < 4.78 is 10.2. The van der Waals surface area contributed by atoms with Crippen molar-refractivity contribution < 1.29 is 19.1 Å². The largest absolute Gasteiger partial charge is 0.467 e. The molecule has 0 spiro atoms. The Morgan fingerprint density at radius 3 is 2.54 bits per heavy atom. The van der Waals surface area contributed by atoms with Crippen LogP contribution in [0.2, 0.25) is 0 Å². The molecule has 0 aliphatic heterocycles. The summed E-state index contributed by atoms with van der Waals surface area (Å²) in [6.45, 7) is 0.177. The summed E-state index contributed by atoms with van der Waals surface area (Å²) in [5.41, 5.74) is 2.50. The fourth-order valence-corrected chi connectivity index (χ4v) is 2.84. The molecule has 0 fully saturated rings. The van der Waals surface area contributed by atoms with E-state index in [0.29, 0.717) is 12.3 Å². The van der Waals surface area contributed by atoms with Gasteiger partial charge < -0.3 is 14.8 Å². The molecule has 6 heteroatoms. The Balaban J connectivity index is 1.59. The number of ether oxygens (including phenoxy) is 2. The first kappa shape index (κ1) is 19.5. The lowest BCUT2D eigenvalue weighted by atomic mass is 10.1. The van der Waals surface area contributed by atoms with E-state index in [4.69, 9.17) is 9.47 Å². The van der Waals surface area contributed by atoms with E-state index >= 15 is 0 Å². The summed E-state index contributed by atoms with van der Waals surface area (Å²) in [7, 11) is 1.29. The second-order valence-electron chi connectivity index (χ2n) is 6.32. The van der Waals surface area contributed by atoms with E-state index in [2.05, 4.69) is 10.3 Å². The Bertz CT molecular complexity index is 943. The number of nitrogens with one attached hydrogen (secondary N) is 1. The Morgan fingerprint density at radius 2 is 1.75 bits per heavy atom. The van der Waals surface area contributed by atoms with Crippen molar-refractivity contribution in [1.82, 2.24) is 10.3 Å². The lowest BCUT2D eigenvalue weighted by Gasteiger charge is -2.16. The van der Waals surface area contributed by atoms with Crippen LogP contribution >= 0.6 is 0 Å². The summed E-state index contributed by atoms with van der Waals surface area (Å²) in [6, 6.07) is 20.2. The van der Waals surface area contributed by atoms with Crippen molar-refractivity contribution >= 4 is 22.8 Å². The quantitative estimate of drug-likeness (QED) is 0.610. The fourth-order valence-electron chi connectivity index (χ4n) is 2.84. The molecule has 1 atom stereocenters. The van der Waals surface area contributed by atoms with Crippen LogP contribution in [0.5, 0.6) is 0 Å². The van der Waals surface area contributed by atoms with Gasteiger partial charge in [-0.05, 0) is 17.7 Å². The van der Waals surface area contributed by atoms with Crippen molar-refractivity contribution in [1.29, 1.82) is 0 Å². The van der Waals surface area contributed by atoms with Gasteiger partial charge in [0.2, 0.25) is 5.91 Å². The van der Waals surface area contributed by atoms with Gasteiger partial charge in [-0.15, -0.1) is 0 Å². The normalized spacial score (nSPS) is 11.8. The predicted molar refractivity (Wildman–Crippen MR) is 105 cm³/mol. The van der Waals surface area contributed by atoms with Crippen molar-refractivity contribution in [2.45, 2.75) is 19.1 Å². The molecule has 0 bridgehead atoms. The average Bonchev–Trinajstić information content (AvgIpc) is 2.73. The van der Waals surface area contributed by atoms with E-state index in [-0.39, 0.29) is 18.9 Å². The highest BCUT2D eigenvalue weighted by atomic mass is 16.5. The highest BCUT2D eigenvalue weighted by Crippen LogP contribution is 2.13. The minimum absolute atomic E-state index is 0.145. The molecular formula is C22H22N2O4. The smallest absolute Gasteiger partial charge is 0.328 e. The maximum Gasteiger partial charge on any atom is 0.328 e. The van der Waals surface area contributed by atoms with Crippen molar-refractivity contribution in [3.63, 3.8) is 0 Å². The van der Waals surface area contributed by atoms with Gasteiger partial charge in [-0.2, -0.15) is 0 Å². The number of benzene rings is 2. The van der Waals surface area contributed by atoms with Crippen LogP contribution in [0.3, 0.4) is 0 Å². The average molecular weight is 378 g/mol. The Morgan fingerprint density at radius 1 is 1.00 bits per heavy atom. The SMILES string of the molecule is COC(=O)[C@@H](Cc1ccc2ccccc2n1)NC(=O)COCc1ccccc1. The number of fused-ring (bicyclic) bond motifs is 1.